The number of ether oxygens (including phenoxy) is 2. The first-order chi connectivity index (χ1) is 15.0. The van der Waals surface area contributed by atoms with Gasteiger partial charge in [0.05, 0.1) is 19.9 Å². The molecule has 3 aromatic rings. The van der Waals surface area contributed by atoms with E-state index in [9.17, 15) is 9.59 Å². The van der Waals surface area contributed by atoms with Gasteiger partial charge < -0.3 is 20.1 Å². The highest BCUT2D eigenvalue weighted by molar-refractivity contribution is 5.95. The van der Waals surface area contributed by atoms with E-state index in [-0.39, 0.29) is 17.5 Å². The molecule has 0 bridgehead atoms. The molecule has 0 radical (unpaired) electrons. The van der Waals surface area contributed by atoms with Crippen LogP contribution in [0.4, 0.5) is 5.82 Å². The Bertz CT molecular complexity index is 1050. The van der Waals surface area contributed by atoms with Crippen LogP contribution in [0.2, 0.25) is 0 Å². The van der Waals surface area contributed by atoms with Gasteiger partial charge in [0.1, 0.15) is 5.82 Å². The molecule has 162 valence electrons. The second-order valence-corrected chi connectivity index (χ2v) is 6.76. The van der Waals surface area contributed by atoms with E-state index in [4.69, 9.17) is 9.47 Å². The lowest BCUT2D eigenvalue weighted by molar-refractivity contribution is -0.115. The summed E-state index contributed by atoms with van der Waals surface area (Å²) in [5, 5.41) is 10.1. The molecule has 2 aromatic carbocycles. The van der Waals surface area contributed by atoms with E-state index < -0.39 is 0 Å². The fourth-order valence-corrected chi connectivity index (χ4v) is 3.03. The van der Waals surface area contributed by atoms with Crippen LogP contribution >= 0.6 is 0 Å². The van der Waals surface area contributed by atoms with Gasteiger partial charge in [-0.05, 0) is 36.2 Å². The number of carbonyl (C=O) groups excluding carboxylic acids is 2. The molecule has 0 aliphatic rings. The summed E-state index contributed by atoms with van der Waals surface area (Å²) in [6, 6.07) is 16.5. The zero-order chi connectivity index (χ0) is 22.2. The lowest BCUT2D eigenvalue weighted by Gasteiger charge is -2.09. The molecule has 1 aromatic heterocycles. The monoisotopic (exact) mass is 422 g/mol. The average Bonchev–Trinajstić information content (AvgIpc) is 3.23. The van der Waals surface area contributed by atoms with E-state index in [0.717, 1.165) is 11.3 Å². The Labute approximate surface area is 181 Å². The number of anilines is 1. The molecule has 0 aliphatic heterocycles. The molecule has 8 heteroatoms. The first-order valence-electron chi connectivity index (χ1n) is 10.00. The maximum Gasteiger partial charge on any atom is 0.271 e. The van der Waals surface area contributed by atoms with Crippen LogP contribution in [0, 0.1) is 0 Å². The highest BCUT2D eigenvalue weighted by atomic mass is 16.5. The summed E-state index contributed by atoms with van der Waals surface area (Å²) in [6.07, 6.45) is 0.942. The van der Waals surface area contributed by atoms with E-state index in [1.54, 1.807) is 31.9 Å². The summed E-state index contributed by atoms with van der Waals surface area (Å²) in [7, 11) is 3.17. The highest BCUT2D eigenvalue weighted by Crippen LogP contribution is 2.27. The molecule has 1 heterocycles. The van der Waals surface area contributed by atoms with E-state index in [0.29, 0.717) is 36.7 Å². The van der Waals surface area contributed by atoms with E-state index in [1.807, 2.05) is 48.5 Å². The van der Waals surface area contributed by atoms with Gasteiger partial charge in [-0.2, -0.15) is 5.10 Å². The summed E-state index contributed by atoms with van der Waals surface area (Å²) in [6.45, 7) is 2.18. The number of amides is 2. The van der Waals surface area contributed by atoms with Crippen molar-refractivity contribution >= 4 is 17.6 Å². The van der Waals surface area contributed by atoms with Crippen LogP contribution in [-0.4, -0.2) is 42.4 Å². The molecule has 0 saturated heterocycles. The molecule has 8 nitrogen and oxygen atoms in total. The van der Waals surface area contributed by atoms with E-state index in [1.165, 1.54) is 0 Å². The van der Waals surface area contributed by atoms with Crippen molar-refractivity contribution in [3.05, 3.63) is 65.9 Å². The van der Waals surface area contributed by atoms with Gasteiger partial charge >= 0.3 is 0 Å². The molecular formula is C23H26N4O4. The molecule has 31 heavy (non-hydrogen) atoms. The van der Waals surface area contributed by atoms with Gasteiger partial charge in [-0.15, -0.1) is 0 Å². The van der Waals surface area contributed by atoms with Gasteiger partial charge in [0.25, 0.3) is 5.91 Å². The molecule has 2 amide bonds. The number of nitrogens with one attached hydrogen (secondary N) is 2. The number of para-hydroxylation sites is 1. The lowest BCUT2D eigenvalue weighted by Crippen LogP contribution is -2.26. The number of hydrogen-bond acceptors (Lipinski definition) is 5. The largest absolute Gasteiger partial charge is 0.493 e. The minimum atomic E-state index is -0.317. The third-order valence-corrected chi connectivity index (χ3v) is 4.68. The van der Waals surface area contributed by atoms with Gasteiger partial charge in [-0.1, -0.05) is 31.2 Å². The second-order valence-electron chi connectivity index (χ2n) is 6.76. The first-order valence-corrected chi connectivity index (χ1v) is 10.00. The quantitative estimate of drug-likeness (QED) is 0.552. The average molecular weight is 422 g/mol. The predicted molar refractivity (Wildman–Crippen MR) is 118 cm³/mol. The second kappa shape index (κ2) is 10.3. The number of aromatic nitrogens is 2. The summed E-state index contributed by atoms with van der Waals surface area (Å²) >= 11 is 0. The Kier molecular flexibility index (Phi) is 7.26. The molecular weight excluding hydrogens is 396 g/mol. The topological polar surface area (TPSA) is 94.5 Å². The number of carbonyl (C=O) groups is 2. The maximum absolute atomic E-state index is 12.7. The number of rotatable bonds is 9. The zero-order valence-corrected chi connectivity index (χ0v) is 17.8. The van der Waals surface area contributed by atoms with Crippen LogP contribution < -0.4 is 20.1 Å². The van der Waals surface area contributed by atoms with Crippen molar-refractivity contribution in [2.75, 3.05) is 26.1 Å². The minimum absolute atomic E-state index is 0.155. The molecule has 0 spiro atoms. The summed E-state index contributed by atoms with van der Waals surface area (Å²) < 4.78 is 12.1. The van der Waals surface area contributed by atoms with Gasteiger partial charge in [-0.3, -0.25) is 9.59 Å². The van der Waals surface area contributed by atoms with Crippen molar-refractivity contribution in [2.24, 2.45) is 0 Å². The smallest absolute Gasteiger partial charge is 0.271 e. The molecule has 2 N–H and O–H groups in total. The number of benzene rings is 2. The third-order valence-electron chi connectivity index (χ3n) is 4.68. The normalized spacial score (nSPS) is 10.4. The number of hydrogen-bond donors (Lipinski definition) is 2. The Morgan fingerprint density at radius 2 is 1.74 bits per heavy atom. The van der Waals surface area contributed by atoms with Crippen molar-refractivity contribution in [3.63, 3.8) is 0 Å². The van der Waals surface area contributed by atoms with Crippen LogP contribution in [0.5, 0.6) is 11.5 Å². The molecule has 0 aliphatic carbocycles. The van der Waals surface area contributed by atoms with Crippen molar-refractivity contribution in [2.45, 2.75) is 19.8 Å². The van der Waals surface area contributed by atoms with Crippen LogP contribution in [0.15, 0.2) is 54.6 Å². The number of nitrogens with zero attached hydrogens (tertiary/aromatic N) is 2. The van der Waals surface area contributed by atoms with Crippen LogP contribution in [0.1, 0.15) is 29.4 Å². The summed E-state index contributed by atoms with van der Waals surface area (Å²) in [5.41, 5.74) is 1.98. The van der Waals surface area contributed by atoms with Crippen LogP contribution in [0.25, 0.3) is 5.69 Å². The SMILES string of the molecule is CCC(=O)Nc1cc(C(=O)NCCc2ccc(OC)c(OC)c2)nn1-c1ccccc1. The van der Waals surface area contributed by atoms with Crippen molar-refractivity contribution in [1.82, 2.24) is 15.1 Å². The fraction of sp³-hybridized carbons (Fsp3) is 0.261. The van der Waals surface area contributed by atoms with Crippen molar-refractivity contribution < 1.29 is 19.1 Å². The van der Waals surface area contributed by atoms with Gasteiger partial charge in [0.2, 0.25) is 5.91 Å². The van der Waals surface area contributed by atoms with Gasteiger partial charge in [0.15, 0.2) is 17.2 Å². The summed E-state index contributed by atoms with van der Waals surface area (Å²) in [4.78, 5) is 24.6. The third kappa shape index (κ3) is 5.42. The van der Waals surface area contributed by atoms with E-state index >= 15 is 0 Å². The zero-order valence-electron chi connectivity index (χ0n) is 17.8. The summed E-state index contributed by atoms with van der Waals surface area (Å²) in [5.74, 6) is 1.27. The Balaban J connectivity index is 1.70. The van der Waals surface area contributed by atoms with Gasteiger partial charge in [0, 0.05) is 19.0 Å². The predicted octanol–water partition coefficient (Wildman–Crippen LogP) is 3.21. The van der Waals surface area contributed by atoms with Gasteiger partial charge in [-0.25, -0.2) is 4.68 Å². The standard InChI is InChI=1S/C23H26N4O4/c1-4-22(28)25-21-15-18(26-27(21)17-8-6-5-7-9-17)23(29)24-13-12-16-10-11-19(30-2)20(14-16)31-3/h5-11,14-15H,4,12-13H2,1-3H3,(H,24,29)(H,25,28). The Hall–Kier alpha value is -3.81. The number of methoxy groups -OCH3 is 2. The Morgan fingerprint density at radius 1 is 1.00 bits per heavy atom. The van der Waals surface area contributed by atoms with Crippen LogP contribution in [0.3, 0.4) is 0 Å². The van der Waals surface area contributed by atoms with Crippen LogP contribution in [-0.2, 0) is 11.2 Å². The Morgan fingerprint density at radius 3 is 2.42 bits per heavy atom. The molecule has 0 unspecified atom stereocenters. The van der Waals surface area contributed by atoms with Crippen molar-refractivity contribution in [1.29, 1.82) is 0 Å². The minimum Gasteiger partial charge on any atom is -0.493 e. The first kappa shape index (κ1) is 21.9. The molecule has 0 saturated carbocycles. The molecule has 0 atom stereocenters. The lowest BCUT2D eigenvalue weighted by atomic mass is 10.1. The fourth-order valence-electron chi connectivity index (χ4n) is 3.03. The van der Waals surface area contributed by atoms with E-state index in [2.05, 4.69) is 15.7 Å². The van der Waals surface area contributed by atoms with Crippen molar-refractivity contribution in [3.8, 4) is 17.2 Å². The molecule has 3 rings (SSSR count). The molecule has 0 fully saturated rings. The highest BCUT2D eigenvalue weighted by Gasteiger charge is 2.16. The maximum atomic E-state index is 12.7.